The van der Waals surface area contributed by atoms with Crippen molar-refractivity contribution in [2.24, 2.45) is 0 Å². The first kappa shape index (κ1) is 56.6. The van der Waals surface area contributed by atoms with Gasteiger partial charge in [-0.15, -0.1) is 0 Å². The van der Waals surface area contributed by atoms with Gasteiger partial charge in [0.25, 0.3) is 0 Å². The number of carbonyl (C=O) groups excluding carboxylic acids is 3. The predicted molar refractivity (Wildman–Crippen MR) is 247 cm³/mol. The lowest BCUT2D eigenvalue weighted by molar-refractivity contribution is -0.144. The number of likely N-dealkylation sites (N-methyl/N-ethyl adjacent to an activating group) is 1. The van der Waals surface area contributed by atoms with Crippen LogP contribution >= 0.6 is 0 Å². The molecule has 0 aromatic carbocycles. The molecule has 9 heteroatoms. The van der Waals surface area contributed by atoms with Gasteiger partial charge in [-0.1, -0.05) is 141 Å². The van der Waals surface area contributed by atoms with Gasteiger partial charge in [-0.2, -0.15) is 0 Å². The van der Waals surface area contributed by atoms with Crippen LogP contribution in [0.25, 0.3) is 0 Å². The Kier molecular flexibility index (Phi) is 44.8. The second-order valence-corrected chi connectivity index (χ2v) is 16.8. The van der Waals surface area contributed by atoms with Gasteiger partial charge >= 0.3 is 18.0 Å². The molecule has 0 saturated heterocycles. The van der Waals surface area contributed by atoms with Crippen LogP contribution in [0.4, 0.5) is 4.79 Å². The zero-order valence-corrected chi connectivity index (χ0v) is 39.1. The van der Waals surface area contributed by atoms with Crippen molar-refractivity contribution in [2.75, 3.05) is 53.6 Å². The molecule has 0 unspecified atom stereocenters. The van der Waals surface area contributed by atoms with Crippen molar-refractivity contribution in [3.8, 4) is 0 Å². The molecule has 0 aliphatic rings. The number of nitrogens with one attached hydrogen (secondary N) is 1. The number of carbonyl (C=O) groups is 3. The first-order valence-corrected chi connectivity index (χ1v) is 24.7. The number of allylic oxidation sites excluding steroid dienone is 4. The van der Waals surface area contributed by atoms with E-state index in [2.05, 4.69) is 43.5 Å². The van der Waals surface area contributed by atoms with Crippen LogP contribution in [0.2, 0.25) is 0 Å². The van der Waals surface area contributed by atoms with Gasteiger partial charge in [0.2, 0.25) is 0 Å². The molecule has 0 heterocycles. The number of alkyl carbamates (subject to hydrolysis) is 1. The Morgan fingerprint density at radius 1 is 0.492 bits per heavy atom. The van der Waals surface area contributed by atoms with Gasteiger partial charge in [0.15, 0.2) is 0 Å². The molecule has 346 valence electrons. The molecule has 59 heavy (non-hydrogen) atoms. The zero-order valence-electron chi connectivity index (χ0n) is 39.1. The smallest absolute Gasteiger partial charge is 0.407 e. The molecule has 0 aromatic heterocycles. The van der Waals surface area contributed by atoms with Crippen LogP contribution in [0, 0.1) is 0 Å². The van der Waals surface area contributed by atoms with Crippen LogP contribution in [0.3, 0.4) is 0 Å². The third kappa shape index (κ3) is 46.5. The fraction of sp³-hybridized carbons (Fsp3) is 0.860. The molecule has 0 aliphatic carbocycles. The number of hydrogen-bond donors (Lipinski definition) is 1. The highest BCUT2D eigenvalue weighted by atomic mass is 16.6. The SMILES string of the molecule is CCCCCCCC/C=C/CCCCCCCC(=O)OCCCC(CCCOC(=O)CCCCCCC/C=C/CCCCCCCC)OC(=O)NCCOCCN(C)C. The second-order valence-electron chi connectivity index (χ2n) is 16.8. The summed E-state index contributed by atoms with van der Waals surface area (Å²) in [5, 5.41) is 2.76. The highest BCUT2D eigenvalue weighted by molar-refractivity contribution is 5.69. The Labute approximate surface area is 363 Å². The van der Waals surface area contributed by atoms with Gasteiger partial charge < -0.3 is 29.2 Å². The summed E-state index contributed by atoms with van der Waals surface area (Å²) >= 11 is 0. The van der Waals surface area contributed by atoms with E-state index < -0.39 is 6.09 Å². The fourth-order valence-corrected chi connectivity index (χ4v) is 6.85. The van der Waals surface area contributed by atoms with E-state index in [0.717, 1.165) is 57.9 Å². The lowest BCUT2D eigenvalue weighted by Gasteiger charge is -2.18. The number of ether oxygens (including phenoxy) is 4. The lowest BCUT2D eigenvalue weighted by Crippen LogP contribution is -2.32. The molecule has 0 rings (SSSR count). The molecular weight excluding hydrogens is 741 g/mol. The van der Waals surface area contributed by atoms with Crippen molar-refractivity contribution < 1.29 is 33.3 Å². The Morgan fingerprint density at radius 3 is 1.29 bits per heavy atom. The number of amides is 1. The predicted octanol–water partition coefficient (Wildman–Crippen LogP) is 13.4. The van der Waals surface area contributed by atoms with Crippen LogP contribution < -0.4 is 5.32 Å². The van der Waals surface area contributed by atoms with E-state index in [1.807, 2.05) is 19.0 Å². The van der Waals surface area contributed by atoms with Crippen LogP contribution in [-0.2, 0) is 28.5 Å². The maximum Gasteiger partial charge on any atom is 0.407 e. The van der Waals surface area contributed by atoms with E-state index in [1.54, 1.807) is 0 Å². The van der Waals surface area contributed by atoms with Gasteiger partial charge in [-0.3, -0.25) is 9.59 Å². The largest absolute Gasteiger partial charge is 0.466 e. The standard InChI is InChI=1S/C50H94N2O7/c1-5-7-9-11-13-15-17-19-21-23-25-27-29-31-33-39-48(53)57-43-35-37-47(59-50(55)51-41-45-56-46-42-52(3)4)38-36-44-58-49(54)40-34-32-30-28-26-24-22-20-18-16-14-12-10-8-6-2/h19-22,47H,5-18,23-46H2,1-4H3,(H,51,55)/b21-19+,22-20+. The van der Waals surface area contributed by atoms with E-state index in [1.165, 1.54) is 116 Å². The molecule has 0 radical (unpaired) electrons. The minimum Gasteiger partial charge on any atom is -0.466 e. The van der Waals surface area contributed by atoms with Crippen LogP contribution in [-0.4, -0.2) is 82.6 Å². The summed E-state index contributed by atoms with van der Waals surface area (Å²) in [4.78, 5) is 39.3. The Hall–Kier alpha value is -2.39. The summed E-state index contributed by atoms with van der Waals surface area (Å²) in [5.74, 6) is -0.324. The highest BCUT2D eigenvalue weighted by Gasteiger charge is 2.15. The first-order valence-electron chi connectivity index (χ1n) is 24.7. The van der Waals surface area contributed by atoms with E-state index in [9.17, 15) is 14.4 Å². The van der Waals surface area contributed by atoms with Crippen molar-refractivity contribution >= 4 is 18.0 Å². The Bertz CT molecular complexity index is 926. The molecule has 0 fully saturated rings. The van der Waals surface area contributed by atoms with Crippen molar-refractivity contribution in [1.82, 2.24) is 10.2 Å². The minimum absolute atomic E-state index is 0.162. The van der Waals surface area contributed by atoms with Crippen LogP contribution in [0.1, 0.15) is 219 Å². The molecule has 1 amide bonds. The summed E-state index contributed by atoms with van der Waals surface area (Å²) in [6.07, 6.45) is 43.6. The molecule has 0 aromatic rings. The van der Waals surface area contributed by atoms with Crippen molar-refractivity contribution in [3.05, 3.63) is 24.3 Å². The van der Waals surface area contributed by atoms with Crippen molar-refractivity contribution in [2.45, 2.75) is 225 Å². The maximum atomic E-state index is 12.5. The molecule has 0 bridgehead atoms. The van der Waals surface area contributed by atoms with E-state index in [4.69, 9.17) is 18.9 Å². The van der Waals surface area contributed by atoms with Gasteiger partial charge in [0.1, 0.15) is 6.10 Å². The van der Waals surface area contributed by atoms with Gasteiger partial charge in [0.05, 0.1) is 26.4 Å². The summed E-state index contributed by atoms with van der Waals surface area (Å²) < 4.78 is 22.3. The summed E-state index contributed by atoms with van der Waals surface area (Å²) in [5.41, 5.74) is 0. The van der Waals surface area contributed by atoms with E-state index in [-0.39, 0.29) is 18.0 Å². The maximum absolute atomic E-state index is 12.5. The summed E-state index contributed by atoms with van der Waals surface area (Å²) in [7, 11) is 3.97. The summed E-state index contributed by atoms with van der Waals surface area (Å²) in [6.45, 7) is 7.31. The van der Waals surface area contributed by atoms with Gasteiger partial charge in [0, 0.05) is 25.9 Å². The number of rotatable bonds is 45. The van der Waals surface area contributed by atoms with Gasteiger partial charge in [-0.05, 0) is 104 Å². The molecule has 0 atom stereocenters. The number of hydrogen-bond acceptors (Lipinski definition) is 8. The van der Waals surface area contributed by atoms with E-state index >= 15 is 0 Å². The van der Waals surface area contributed by atoms with Gasteiger partial charge in [-0.25, -0.2) is 4.79 Å². The van der Waals surface area contributed by atoms with Crippen molar-refractivity contribution in [3.63, 3.8) is 0 Å². The first-order chi connectivity index (χ1) is 28.9. The average molecular weight is 835 g/mol. The van der Waals surface area contributed by atoms with Crippen LogP contribution in [0.15, 0.2) is 24.3 Å². The molecular formula is C50H94N2O7. The third-order valence-electron chi connectivity index (χ3n) is 10.6. The normalized spacial score (nSPS) is 11.7. The highest BCUT2D eigenvalue weighted by Crippen LogP contribution is 2.14. The summed E-state index contributed by atoms with van der Waals surface area (Å²) in [6, 6.07) is 0. The van der Waals surface area contributed by atoms with Crippen molar-refractivity contribution in [1.29, 1.82) is 0 Å². The number of nitrogens with zero attached hydrogens (tertiary/aromatic N) is 1. The monoisotopic (exact) mass is 835 g/mol. The minimum atomic E-state index is -0.492. The quantitative estimate of drug-likeness (QED) is 0.0280. The lowest BCUT2D eigenvalue weighted by atomic mass is 10.1. The zero-order chi connectivity index (χ0) is 43.1. The molecule has 9 nitrogen and oxygen atoms in total. The molecule has 1 N–H and O–H groups in total. The Morgan fingerprint density at radius 2 is 0.881 bits per heavy atom. The molecule has 0 saturated carbocycles. The number of unbranched alkanes of at least 4 members (excludes halogenated alkanes) is 22. The second kappa shape index (κ2) is 46.7. The van der Waals surface area contributed by atoms with Crippen LogP contribution in [0.5, 0.6) is 0 Å². The fourth-order valence-electron chi connectivity index (χ4n) is 6.85. The number of esters is 2. The van der Waals surface area contributed by atoms with E-state index in [0.29, 0.717) is 71.5 Å². The third-order valence-corrected chi connectivity index (χ3v) is 10.6. The topological polar surface area (TPSA) is 103 Å². The average Bonchev–Trinajstić information content (AvgIpc) is 3.22. The molecule has 0 spiro atoms. The Balaban J connectivity index is 4.19. The molecule has 0 aliphatic heterocycles.